The molecule has 3 heteroatoms. The molecule has 1 fully saturated rings. The van der Waals surface area contributed by atoms with Crippen LogP contribution in [0.25, 0.3) is 0 Å². The predicted molar refractivity (Wildman–Crippen MR) is 77.0 cm³/mol. The fraction of sp³-hybridized carbons (Fsp3) is 0.600. The second-order valence-electron chi connectivity index (χ2n) is 5.03. The number of allylic oxidation sites excluding steroid dienone is 1. The second kappa shape index (κ2) is 6.10. The maximum Gasteiger partial charge on any atom is 0.0626 e. The summed E-state index contributed by atoms with van der Waals surface area (Å²) in [6, 6.07) is 0. The van der Waals surface area contributed by atoms with Crippen LogP contribution in [0.1, 0.15) is 26.7 Å². The van der Waals surface area contributed by atoms with Gasteiger partial charge in [0, 0.05) is 38.9 Å². The Morgan fingerprint density at radius 1 is 1.28 bits per heavy atom. The predicted octanol–water partition coefficient (Wildman–Crippen LogP) is 2.31. The first-order valence-electron chi connectivity index (χ1n) is 7.02. The van der Waals surface area contributed by atoms with Gasteiger partial charge in [0.05, 0.1) is 11.4 Å². The molecule has 18 heavy (non-hydrogen) atoms. The summed E-state index contributed by atoms with van der Waals surface area (Å²) in [5.41, 5.74) is 3.97. The van der Waals surface area contributed by atoms with Gasteiger partial charge < -0.3 is 15.1 Å². The van der Waals surface area contributed by atoms with E-state index in [-0.39, 0.29) is 0 Å². The van der Waals surface area contributed by atoms with Crippen LogP contribution in [0.15, 0.2) is 35.8 Å². The van der Waals surface area contributed by atoms with E-state index in [4.69, 9.17) is 0 Å². The largest absolute Gasteiger partial charge is 0.368 e. The lowest BCUT2D eigenvalue weighted by atomic mass is 10.1. The van der Waals surface area contributed by atoms with Gasteiger partial charge in [-0.3, -0.25) is 0 Å². The smallest absolute Gasteiger partial charge is 0.0626 e. The van der Waals surface area contributed by atoms with Crippen molar-refractivity contribution in [3.05, 3.63) is 35.8 Å². The highest BCUT2D eigenvalue weighted by molar-refractivity contribution is 5.33. The highest BCUT2D eigenvalue weighted by Gasteiger charge is 2.21. The second-order valence-corrected chi connectivity index (χ2v) is 5.03. The first kappa shape index (κ1) is 13.2. The molecular formula is C15H25N3. The van der Waals surface area contributed by atoms with Crippen LogP contribution in [0.4, 0.5) is 0 Å². The van der Waals surface area contributed by atoms with Crippen molar-refractivity contribution in [3.63, 3.8) is 0 Å². The van der Waals surface area contributed by atoms with E-state index >= 15 is 0 Å². The van der Waals surface area contributed by atoms with E-state index in [0.29, 0.717) is 0 Å². The third-order valence-corrected chi connectivity index (χ3v) is 3.82. The van der Waals surface area contributed by atoms with Gasteiger partial charge in [-0.05, 0) is 25.3 Å². The first-order valence-corrected chi connectivity index (χ1v) is 7.02. The minimum absolute atomic E-state index is 1.06. The Labute approximate surface area is 111 Å². The van der Waals surface area contributed by atoms with Crippen molar-refractivity contribution in [1.29, 1.82) is 0 Å². The molecular weight excluding hydrogens is 222 g/mol. The molecule has 0 bridgehead atoms. The van der Waals surface area contributed by atoms with E-state index in [1.807, 2.05) is 0 Å². The molecule has 100 valence electrons. The third kappa shape index (κ3) is 2.78. The van der Waals surface area contributed by atoms with Crippen LogP contribution in [-0.4, -0.2) is 42.5 Å². The Balaban J connectivity index is 2.18. The molecule has 1 saturated heterocycles. The molecule has 0 amide bonds. The molecule has 2 heterocycles. The van der Waals surface area contributed by atoms with Gasteiger partial charge in [0.25, 0.3) is 0 Å². The molecule has 0 radical (unpaired) electrons. The minimum atomic E-state index is 1.06. The van der Waals surface area contributed by atoms with Crippen LogP contribution in [0.5, 0.6) is 0 Å². The summed E-state index contributed by atoms with van der Waals surface area (Å²) in [6.07, 6.45) is 6.69. The first-order chi connectivity index (χ1) is 8.74. The van der Waals surface area contributed by atoms with Gasteiger partial charge in [-0.2, -0.15) is 0 Å². The summed E-state index contributed by atoms with van der Waals surface area (Å²) >= 11 is 0. The Morgan fingerprint density at radius 2 is 2.00 bits per heavy atom. The summed E-state index contributed by atoms with van der Waals surface area (Å²) < 4.78 is 0. The van der Waals surface area contributed by atoms with Crippen molar-refractivity contribution in [1.82, 2.24) is 15.1 Å². The fourth-order valence-electron chi connectivity index (χ4n) is 2.59. The van der Waals surface area contributed by atoms with Crippen LogP contribution < -0.4 is 5.32 Å². The normalized spacial score (nSPS) is 21.2. The lowest BCUT2D eigenvalue weighted by Gasteiger charge is -2.35. The molecule has 2 rings (SSSR count). The average molecular weight is 247 g/mol. The van der Waals surface area contributed by atoms with Crippen molar-refractivity contribution in [2.24, 2.45) is 0 Å². The lowest BCUT2D eigenvalue weighted by molar-refractivity contribution is 0.291. The number of hydrogen-bond acceptors (Lipinski definition) is 3. The van der Waals surface area contributed by atoms with Crippen LogP contribution in [-0.2, 0) is 0 Å². The maximum atomic E-state index is 4.36. The Morgan fingerprint density at radius 3 is 2.56 bits per heavy atom. The number of nitrogens with zero attached hydrogens (tertiary/aromatic N) is 2. The Kier molecular flexibility index (Phi) is 4.48. The fourth-order valence-corrected chi connectivity index (χ4v) is 2.59. The Bertz CT molecular complexity index is 362. The quantitative estimate of drug-likeness (QED) is 0.769. The molecule has 0 spiro atoms. The molecule has 0 unspecified atom stereocenters. The molecule has 0 aliphatic carbocycles. The topological polar surface area (TPSA) is 18.5 Å². The molecule has 2 aliphatic heterocycles. The van der Waals surface area contributed by atoms with Crippen molar-refractivity contribution in [2.45, 2.75) is 26.7 Å². The zero-order valence-electron chi connectivity index (χ0n) is 11.7. The highest BCUT2D eigenvalue weighted by Crippen LogP contribution is 2.26. The van der Waals surface area contributed by atoms with E-state index in [1.54, 1.807) is 0 Å². The third-order valence-electron chi connectivity index (χ3n) is 3.82. The van der Waals surface area contributed by atoms with Crippen LogP contribution in [0, 0.1) is 0 Å². The summed E-state index contributed by atoms with van der Waals surface area (Å²) in [4.78, 5) is 4.78. The zero-order valence-corrected chi connectivity index (χ0v) is 11.7. The van der Waals surface area contributed by atoms with Gasteiger partial charge in [-0.1, -0.05) is 19.6 Å². The molecule has 3 nitrogen and oxygen atoms in total. The minimum Gasteiger partial charge on any atom is -0.368 e. The highest BCUT2D eigenvalue weighted by atomic mass is 15.2. The van der Waals surface area contributed by atoms with Gasteiger partial charge in [-0.25, -0.2) is 0 Å². The van der Waals surface area contributed by atoms with E-state index < -0.39 is 0 Å². The van der Waals surface area contributed by atoms with Gasteiger partial charge in [0.1, 0.15) is 0 Å². The molecule has 0 saturated carbocycles. The standard InChI is InChI=1S/C15H25N3/c1-4-13(2)15(18-9-5-6-10-18)14(3)17-11-7-16-8-12-17/h5,9,16H,3-4,6-8,10-12H2,1-2H3/b15-13-. The molecule has 2 aliphatic rings. The number of rotatable bonds is 4. The van der Waals surface area contributed by atoms with E-state index in [9.17, 15) is 0 Å². The van der Waals surface area contributed by atoms with Gasteiger partial charge in [-0.15, -0.1) is 0 Å². The van der Waals surface area contributed by atoms with E-state index in [2.05, 4.69) is 47.8 Å². The summed E-state index contributed by atoms with van der Waals surface area (Å²) in [7, 11) is 0. The van der Waals surface area contributed by atoms with Gasteiger partial charge in [0.2, 0.25) is 0 Å². The number of nitrogens with one attached hydrogen (secondary N) is 1. The van der Waals surface area contributed by atoms with Crippen LogP contribution in [0.3, 0.4) is 0 Å². The molecule has 0 aromatic heterocycles. The maximum absolute atomic E-state index is 4.36. The Hall–Kier alpha value is -1.22. The van der Waals surface area contributed by atoms with Crippen molar-refractivity contribution < 1.29 is 0 Å². The number of piperazine rings is 1. The van der Waals surface area contributed by atoms with Crippen molar-refractivity contribution in [2.75, 3.05) is 32.7 Å². The summed E-state index contributed by atoms with van der Waals surface area (Å²) in [5, 5.41) is 3.39. The van der Waals surface area contributed by atoms with Crippen molar-refractivity contribution >= 4 is 0 Å². The van der Waals surface area contributed by atoms with E-state index in [1.165, 1.54) is 17.0 Å². The van der Waals surface area contributed by atoms with Crippen LogP contribution in [0.2, 0.25) is 0 Å². The molecule has 0 atom stereocenters. The van der Waals surface area contributed by atoms with Crippen LogP contribution >= 0.6 is 0 Å². The van der Waals surface area contributed by atoms with Crippen molar-refractivity contribution in [3.8, 4) is 0 Å². The number of hydrogen-bond donors (Lipinski definition) is 1. The zero-order chi connectivity index (χ0) is 13.0. The summed E-state index contributed by atoms with van der Waals surface area (Å²) in [5.74, 6) is 0. The SMILES string of the molecule is C=C(/C(=C(\C)CC)N1C=CCC1)N1CCNCC1. The molecule has 0 aromatic rings. The van der Waals surface area contributed by atoms with Gasteiger partial charge >= 0.3 is 0 Å². The van der Waals surface area contributed by atoms with Gasteiger partial charge in [0.15, 0.2) is 0 Å². The monoisotopic (exact) mass is 247 g/mol. The molecule has 0 aromatic carbocycles. The lowest BCUT2D eigenvalue weighted by Crippen LogP contribution is -2.44. The summed E-state index contributed by atoms with van der Waals surface area (Å²) in [6.45, 7) is 14.2. The molecule has 1 N–H and O–H groups in total. The van der Waals surface area contributed by atoms with E-state index in [0.717, 1.165) is 45.6 Å². The average Bonchev–Trinajstić information content (AvgIpc) is 2.93.